The summed E-state index contributed by atoms with van der Waals surface area (Å²) in [5.74, 6) is 1.68. The molecule has 1 aromatic carbocycles. The highest BCUT2D eigenvalue weighted by Crippen LogP contribution is 2.38. The van der Waals surface area contributed by atoms with Crippen LogP contribution in [0.15, 0.2) is 18.2 Å². The number of hydrogen-bond acceptors (Lipinski definition) is 4. The molecule has 2 aliphatic heterocycles. The Labute approximate surface area is 123 Å². The Balaban J connectivity index is 1.55. The largest absolute Gasteiger partial charge is 0.454 e. The number of carbonyl (C=O) groups excluding carboxylic acids is 1. The van der Waals surface area contributed by atoms with Crippen LogP contribution in [0.25, 0.3) is 0 Å². The van der Waals surface area contributed by atoms with Gasteiger partial charge in [0, 0.05) is 24.8 Å². The van der Waals surface area contributed by atoms with Crippen molar-refractivity contribution in [1.29, 1.82) is 0 Å². The number of amides is 1. The maximum atomic E-state index is 12.7. The molecular weight excluding hydrogens is 270 g/mol. The topological polar surface area (TPSA) is 48.0 Å². The molecule has 3 aliphatic rings. The van der Waals surface area contributed by atoms with Crippen LogP contribution >= 0.6 is 0 Å². The van der Waals surface area contributed by atoms with Gasteiger partial charge in [-0.15, -0.1) is 0 Å². The molecule has 1 saturated carbocycles. The Kier molecular flexibility index (Phi) is 3.22. The summed E-state index contributed by atoms with van der Waals surface area (Å²) in [7, 11) is 0. The van der Waals surface area contributed by atoms with Gasteiger partial charge in [0.1, 0.15) is 6.10 Å². The van der Waals surface area contributed by atoms with E-state index in [1.54, 1.807) is 0 Å². The Morgan fingerprint density at radius 1 is 1.24 bits per heavy atom. The van der Waals surface area contributed by atoms with E-state index in [4.69, 9.17) is 14.2 Å². The molecule has 2 heterocycles. The number of fused-ring (bicyclic) bond motifs is 1. The minimum atomic E-state index is -0.250. The van der Waals surface area contributed by atoms with Crippen LogP contribution < -0.4 is 9.47 Å². The summed E-state index contributed by atoms with van der Waals surface area (Å²) in [4.78, 5) is 14.6. The summed E-state index contributed by atoms with van der Waals surface area (Å²) in [6.07, 6.45) is 3.75. The minimum absolute atomic E-state index is 0.131. The molecule has 1 atom stereocenters. The second kappa shape index (κ2) is 5.22. The smallest absolute Gasteiger partial charge is 0.252 e. The van der Waals surface area contributed by atoms with Crippen LogP contribution in [0.3, 0.4) is 0 Å². The van der Waals surface area contributed by atoms with E-state index in [9.17, 15) is 4.79 Å². The zero-order valence-corrected chi connectivity index (χ0v) is 11.9. The molecule has 0 N–H and O–H groups in total. The third kappa shape index (κ3) is 2.46. The summed E-state index contributed by atoms with van der Waals surface area (Å²) < 4.78 is 16.5. The van der Waals surface area contributed by atoms with Crippen LogP contribution in [0, 0.1) is 0 Å². The fourth-order valence-corrected chi connectivity index (χ4v) is 3.03. The zero-order valence-electron chi connectivity index (χ0n) is 11.9. The van der Waals surface area contributed by atoms with Crippen LogP contribution in [0.5, 0.6) is 11.5 Å². The van der Waals surface area contributed by atoms with Gasteiger partial charge in [0.25, 0.3) is 5.91 Å². The lowest BCUT2D eigenvalue weighted by molar-refractivity contribution is -0.142. The van der Waals surface area contributed by atoms with E-state index in [0.29, 0.717) is 19.2 Å². The molecule has 5 heteroatoms. The third-order valence-corrected chi connectivity index (χ3v) is 4.29. The van der Waals surface area contributed by atoms with Gasteiger partial charge in [0.15, 0.2) is 11.5 Å². The van der Waals surface area contributed by atoms with Crippen molar-refractivity contribution in [3.8, 4) is 11.5 Å². The molecular formula is C16H19NO4. The molecule has 5 nitrogen and oxygen atoms in total. The van der Waals surface area contributed by atoms with Gasteiger partial charge in [-0.05, 0) is 31.7 Å². The van der Waals surface area contributed by atoms with Crippen molar-refractivity contribution in [2.75, 3.05) is 13.4 Å². The van der Waals surface area contributed by atoms with E-state index in [0.717, 1.165) is 42.7 Å². The van der Waals surface area contributed by atoms with Gasteiger partial charge in [0.2, 0.25) is 6.79 Å². The Morgan fingerprint density at radius 3 is 2.90 bits per heavy atom. The lowest BCUT2D eigenvalue weighted by Crippen LogP contribution is -2.40. The number of hydrogen-bond donors (Lipinski definition) is 0. The highest BCUT2D eigenvalue weighted by Gasteiger charge is 2.38. The van der Waals surface area contributed by atoms with E-state index in [-0.39, 0.29) is 18.8 Å². The van der Waals surface area contributed by atoms with Crippen LogP contribution in [0.2, 0.25) is 0 Å². The third-order valence-electron chi connectivity index (χ3n) is 4.29. The molecule has 0 aromatic heterocycles. The molecule has 0 spiro atoms. The predicted octanol–water partition coefficient (Wildman–Crippen LogP) is 2.09. The molecule has 1 amide bonds. The first-order chi connectivity index (χ1) is 10.3. The van der Waals surface area contributed by atoms with Crippen molar-refractivity contribution in [3.63, 3.8) is 0 Å². The van der Waals surface area contributed by atoms with E-state index >= 15 is 0 Å². The number of carbonyl (C=O) groups is 1. The normalized spacial score (nSPS) is 23.3. The first kappa shape index (κ1) is 13.0. The maximum Gasteiger partial charge on any atom is 0.252 e. The SMILES string of the molecule is O=C([C@@H]1CCCO1)N(Cc1cccc2c1OCO2)C1CC1. The van der Waals surface area contributed by atoms with E-state index < -0.39 is 0 Å². The van der Waals surface area contributed by atoms with Crippen molar-refractivity contribution in [1.82, 2.24) is 4.90 Å². The Morgan fingerprint density at radius 2 is 2.14 bits per heavy atom. The van der Waals surface area contributed by atoms with Crippen molar-refractivity contribution in [3.05, 3.63) is 23.8 Å². The van der Waals surface area contributed by atoms with Crippen LogP contribution in [0.4, 0.5) is 0 Å². The van der Waals surface area contributed by atoms with Gasteiger partial charge in [0.05, 0.1) is 0 Å². The van der Waals surface area contributed by atoms with Gasteiger partial charge in [-0.3, -0.25) is 4.79 Å². The van der Waals surface area contributed by atoms with Gasteiger partial charge in [-0.25, -0.2) is 0 Å². The molecule has 1 saturated heterocycles. The summed E-state index contributed by atoms with van der Waals surface area (Å²) in [5, 5.41) is 0. The molecule has 112 valence electrons. The first-order valence-corrected chi connectivity index (χ1v) is 7.62. The first-order valence-electron chi connectivity index (χ1n) is 7.62. The van der Waals surface area contributed by atoms with Gasteiger partial charge >= 0.3 is 0 Å². The molecule has 21 heavy (non-hydrogen) atoms. The average molecular weight is 289 g/mol. The van der Waals surface area contributed by atoms with Gasteiger partial charge in [-0.2, -0.15) is 0 Å². The molecule has 1 aromatic rings. The second-order valence-electron chi connectivity index (χ2n) is 5.85. The molecule has 4 rings (SSSR count). The van der Waals surface area contributed by atoms with E-state index in [2.05, 4.69) is 0 Å². The highest BCUT2D eigenvalue weighted by molar-refractivity contribution is 5.82. The Bertz CT molecular complexity index is 549. The molecule has 0 radical (unpaired) electrons. The lowest BCUT2D eigenvalue weighted by atomic mass is 10.1. The number of ether oxygens (including phenoxy) is 3. The number of rotatable bonds is 4. The minimum Gasteiger partial charge on any atom is -0.454 e. The summed E-state index contributed by atoms with van der Waals surface area (Å²) in [6.45, 7) is 1.54. The summed E-state index contributed by atoms with van der Waals surface area (Å²) >= 11 is 0. The molecule has 1 aliphatic carbocycles. The van der Waals surface area contributed by atoms with Gasteiger partial charge < -0.3 is 19.1 Å². The van der Waals surface area contributed by atoms with Crippen LogP contribution in [0.1, 0.15) is 31.2 Å². The second-order valence-corrected chi connectivity index (χ2v) is 5.85. The van der Waals surface area contributed by atoms with Crippen molar-refractivity contribution in [2.24, 2.45) is 0 Å². The summed E-state index contributed by atoms with van der Waals surface area (Å²) in [6, 6.07) is 6.21. The van der Waals surface area contributed by atoms with Crippen molar-refractivity contribution in [2.45, 2.75) is 44.4 Å². The monoisotopic (exact) mass is 289 g/mol. The number of nitrogens with zero attached hydrogens (tertiary/aromatic N) is 1. The predicted molar refractivity (Wildman–Crippen MR) is 75.1 cm³/mol. The molecule has 0 unspecified atom stereocenters. The van der Waals surface area contributed by atoms with Crippen LogP contribution in [-0.2, 0) is 16.1 Å². The zero-order chi connectivity index (χ0) is 14.2. The summed E-state index contributed by atoms with van der Waals surface area (Å²) in [5.41, 5.74) is 1.02. The standard InChI is InChI=1S/C16H19NO4/c18-16(14-5-2-8-19-14)17(12-6-7-12)9-11-3-1-4-13-15(11)21-10-20-13/h1,3-4,12,14H,2,5-10H2/t14-/m0/s1. The highest BCUT2D eigenvalue weighted by atomic mass is 16.7. The van der Waals surface area contributed by atoms with Gasteiger partial charge in [-0.1, -0.05) is 12.1 Å². The average Bonchev–Trinajstić information content (AvgIpc) is 3.02. The lowest BCUT2D eigenvalue weighted by Gasteiger charge is -2.25. The maximum absolute atomic E-state index is 12.7. The quantitative estimate of drug-likeness (QED) is 0.851. The van der Waals surface area contributed by atoms with Crippen molar-refractivity contribution < 1.29 is 19.0 Å². The van der Waals surface area contributed by atoms with E-state index in [1.165, 1.54) is 0 Å². The number of para-hydroxylation sites is 1. The van der Waals surface area contributed by atoms with Crippen molar-refractivity contribution >= 4 is 5.91 Å². The van der Waals surface area contributed by atoms with E-state index in [1.807, 2.05) is 23.1 Å². The molecule has 2 fully saturated rings. The Hall–Kier alpha value is -1.75. The van der Waals surface area contributed by atoms with Crippen LogP contribution in [-0.4, -0.2) is 36.4 Å². The fourth-order valence-electron chi connectivity index (χ4n) is 3.03. The number of benzene rings is 1. The fraction of sp³-hybridized carbons (Fsp3) is 0.562. The molecule has 0 bridgehead atoms.